The van der Waals surface area contributed by atoms with Crippen molar-refractivity contribution in [1.82, 2.24) is 15.0 Å². The van der Waals surface area contributed by atoms with Crippen LogP contribution in [0.1, 0.15) is 26.3 Å². The van der Waals surface area contributed by atoms with Gasteiger partial charge in [-0.2, -0.15) is 0 Å². The van der Waals surface area contributed by atoms with Crippen molar-refractivity contribution in [3.63, 3.8) is 0 Å². The molecule has 0 radical (unpaired) electrons. The molecule has 0 spiro atoms. The number of para-hydroxylation sites is 1. The number of hydrogen-bond donors (Lipinski definition) is 3. The van der Waals surface area contributed by atoms with E-state index in [1.54, 1.807) is 42.7 Å². The van der Waals surface area contributed by atoms with E-state index in [0.717, 1.165) is 5.56 Å². The lowest BCUT2D eigenvalue weighted by Crippen LogP contribution is -2.25. The summed E-state index contributed by atoms with van der Waals surface area (Å²) in [6.07, 6.45) is 3.30. The zero-order chi connectivity index (χ0) is 21.6. The Morgan fingerprint density at radius 3 is 2.50 bits per heavy atom. The molecule has 3 N–H and O–H groups in total. The molecule has 1 aromatic heterocycles. The van der Waals surface area contributed by atoms with Crippen molar-refractivity contribution in [3.05, 3.63) is 89.7 Å². The third-order valence-corrected chi connectivity index (χ3v) is 5.68. The van der Waals surface area contributed by atoms with Gasteiger partial charge in [0.25, 0.3) is 11.8 Å². The second-order valence-electron chi connectivity index (χ2n) is 6.28. The first-order valence-corrected chi connectivity index (χ1v) is 10.5. The molecule has 0 unspecified atom stereocenters. The molecule has 2 aromatic carbocycles. The van der Waals surface area contributed by atoms with Gasteiger partial charge < -0.3 is 10.6 Å². The minimum atomic E-state index is -3.68. The van der Waals surface area contributed by atoms with Crippen LogP contribution >= 0.6 is 0 Å². The van der Waals surface area contributed by atoms with Crippen LogP contribution in [0.25, 0.3) is 0 Å². The van der Waals surface area contributed by atoms with Crippen molar-refractivity contribution in [2.24, 2.45) is 0 Å². The smallest absolute Gasteiger partial charge is 0.255 e. The number of benzene rings is 2. The van der Waals surface area contributed by atoms with Crippen LogP contribution in [0.4, 0.5) is 5.69 Å². The molecule has 0 saturated heterocycles. The van der Waals surface area contributed by atoms with E-state index in [9.17, 15) is 18.0 Å². The SMILES string of the molecule is CNS(=O)(=O)c1cccc(C(=O)Nc2ccccc2C(=O)NCc2cccnc2)c1. The number of rotatable bonds is 7. The summed E-state index contributed by atoms with van der Waals surface area (Å²) in [5, 5.41) is 5.46. The molecule has 0 atom stereocenters. The van der Waals surface area contributed by atoms with E-state index < -0.39 is 15.9 Å². The molecule has 3 rings (SSSR count). The summed E-state index contributed by atoms with van der Waals surface area (Å²) >= 11 is 0. The van der Waals surface area contributed by atoms with Gasteiger partial charge in [-0.25, -0.2) is 13.1 Å². The third kappa shape index (κ3) is 5.07. The van der Waals surface area contributed by atoms with Gasteiger partial charge in [0.15, 0.2) is 0 Å². The Morgan fingerprint density at radius 1 is 0.967 bits per heavy atom. The fourth-order valence-electron chi connectivity index (χ4n) is 2.69. The van der Waals surface area contributed by atoms with Crippen molar-refractivity contribution < 1.29 is 18.0 Å². The molecule has 154 valence electrons. The van der Waals surface area contributed by atoms with Gasteiger partial charge in [0.2, 0.25) is 10.0 Å². The lowest BCUT2D eigenvalue weighted by atomic mass is 10.1. The summed E-state index contributed by atoms with van der Waals surface area (Å²) < 4.78 is 26.1. The predicted octanol–water partition coefficient (Wildman–Crippen LogP) is 2.17. The normalized spacial score (nSPS) is 11.0. The largest absolute Gasteiger partial charge is 0.348 e. The molecule has 0 aliphatic heterocycles. The van der Waals surface area contributed by atoms with E-state index in [4.69, 9.17) is 0 Å². The van der Waals surface area contributed by atoms with Gasteiger partial charge in [-0.05, 0) is 49.0 Å². The standard InChI is InChI=1S/C21H20N4O4S/c1-22-30(28,29)17-8-4-7-16(12-17)20(26)25-19-10-3-2-9-18(19)21(27)24-14-15-6-5-11-23-13-15/h2-13,22H,14H2,1H3,(H,24,27)(H,25,26). The van der Waals surface area contributed by atoms with E-state index >= 15 is 0 Å². The number of carbonyl (C=O) groups excluding carboxylic acids is 2. The summed E-state index contributed by atoms with van der Waals surface area (Å²) in [4.78, 5) is 29.3. The van der Waals surface area contributed by atoms with Gasteiger partial charge in [-0.15, -0.1) is 0 Å². The summed E-state index contributed by atoms with van der Waals surface area (Å²) in [5.74, 6) is -0.892. The van der Waals surface area contributed by atoms with Crippen molar-refractivity contribution in [2.75, 3.05) is 12.4 Å². The van der Waals surface area contributed by atoms with Crippen LogP contribution in [0.15, 0.2) is 78.0 Å². The highest BCUT2D eigenvalue weighted by Gasteiger charge is 2.17. The number of sulfonamides is 1. The zero-order valence-electron chi connectivity index (χ0n) is 16.1. The summed E-state index contributed by atoms with van der Waals surface area (Å²) in [5.41, 5.74) is 1.59. The maximum absolute atomic E-state index is 12.7. The zero-order valence-corrected chi connectivity index (χ0v) is 16.9. The maximum atomic E-state index is 12.7. The van der Waals surface area contributed by atoms with Crippen molar-refractivity contribution in [1.29, 1.82) is 0 Å². The first-order chi connectivity index (χ1) is 14.4. The van der Waals surface area contributed by atoms with Crippen molar-refractivity contribution >= 4 is 27.5 Å². The van der Waals surface area contributed by atoms with Crippen LogP contribution in [-0.4, -0.2) is 32.3 Å². The molecular formula is C21H20N4O4S. The number of carbonyl (C=O) groups is 2. The van der Waals surface area contributed by atoms with Gasteiger partial charge in [-0.3, -0.25) is 14.6 Å². The van der Waals surface area contributed by atoms with Gasteiger partial charge in [-0.1, -0.05) is 24.3 Å². The number of pyridine rings is 1. The third-order valence-electron chi connectivity index (χ3n) is 4.27. The lowest BCUT2D eigenvalue weighted by Gasteiger charge is -2.12. The fourth-order valence-corrected chi connectivity index (χ4v) is 3.46. The molecule has 1 heterocycles. The first kappa shape index (κ1) is 21.2. The molecular weight excluding hydrogens is 404 g/mol. The molecule has 8 nitrogen and oxygen atoms in total. The van der Waals surface area contributed by atoms with Crippen LogP contribution in [-0.2, 0) is 16.6 Å². The molecule has 0 saturated carbocycles. The van der Waals surface area contributed by atoms with Gasteiger partial charge in [0.05, 0.1) is 16.1 Å². The molecule has 0 bridgehead atoms. The fraction of sp³-hybridized carbons (Fsp3) is 0.0952. The second-order valence-corrected chi connectivity index (χ2v) is 8.17. The Labute approximate surface area is 174 Å². The average molecular weight is 424 g/mol. The molecule has 0 fully saturated rings. The number of hydrogen-bond acceptors (Lipinski definition) is 5. The number of aromatic nitrogens is 1. The van der Waals surface area contributed by atoms with E-state index in [-0.39, 0.29) is 21.9 Å². The van der Waals surface area contributed by atoms with E-state index in [2.05, 4.69) is 20.3 Å². The molecule has 3 aromatic rings. The quantitative estimate of drug-likeness (QED) is 0.537. The van der Waals surface area contributed by atoms with E-state index in [1.807, 2.05) is 6.07 Å². The lowest BCUT2D eigenvalue weighted by molar-refractivity contribution is 0.0951. The van der Waals surface area contributed by atoms with Crippen molar-refractivity contribution in [2.45, 2.75) is 11.4 Å². The van der Waals surface area contributed by atoms with Gasteiger partial charge in [0, 0.05) is 24.5 Å². The molecule has 9 heteroatoms. The maximum Gasteiger partial charge on any atom is 0.255 e. The van der Waals surface area contributed by atoms with Crippen LogP contribution in [0, 0.1) is 0 Å². The molecule has 2 amide bonds. The topological polar surface area (TPSA) is 117 Å². The Bertz CT molecular complexity index is 1160. The summed E-state index contributed by atoms with van der Waals surface area (Å²) in [6.45, 7) is 0.291. The van der Waals surface area contributed by atoms with Gasteiger partial charge >= 0.3 is 0 Å². The second kappa shape index (κ2) is 9.29. The predicted molar refractivity (Wildman–Crippen MR) is 112 cm³/mol. The monoisotopic (exact) mass is 424 g/mol. The van der Waals surface area contributed by atoms with Crippen LogP contribution < -0.4 is 15.4 Å². The van der Waals surface area contributed by atoms with Crippen molar-refractivity contribution in [3.8, 4) is 0 Å². The molecule has 0 aliphatic carbocycles. The highest BCUT2D eigenvalue weighted by Crippen LogP contribution is 2.18. The Morgan fingerprint density at radius 2 is 1.77 bits per heavy atom. The molecule has 0 aliphatic rings. The molecule has 30 heavy (non-hydrogen) atoms. The minimum absolute atomic E-state index is 0.0276. The summed E-state index contributed by atoms with van der Waals surface area (Å²) in [6, 6.07) is 15.8. The van der Waals surface area contributed by atoms with Crippen LogP contribution in [0.2, 0.25) is 0 Å². The average Bonchev–Trinajstić information content (AvgIpc) is 2.78. The summed E-state index contributed by atoms with van der Waals surface area (Å²) in [7, 11) is -2.39. The van der Waals surface area contributed by atoms with E-state index in [0.29, 0.717) is 12.2 Å². The van der Waals surface area contributed by atoms with Crippen LogP contribution in [0.5, 0.6) is 0 Å². The Balaban J connectivity index is 1.77. The Kier molecular flexibility index (Phi) is 6.55. The van der Waals surface area contributed by atoms with Gasteiger partial charge in [0.1, 0.15) is 0 Å². The number of nitrogens with one attached hydrogen (secondary N) is 3. The number of anilines is 1. The number of nitrogens with zero attached hydrogens (tertiary/aromatic N) is 1. The van der Waals surface area contributed by atoms with E-state index in [1.165, 1.54) is 31.3 Å². The minimum Gasteiger partial charge on any atom is -0.348 e. The first-order valence-electron chi connectivity index (χ1n) is 9.02. The van der Waals surface area contributed by atoms with Crippen LogP contribution in [0.3, 0.4) is 0 Å². The number of amides is 2. The highest BCUT2D eigenvalue weighted by molar-refractivity contribution is 7.89. The highest BCUT2D eigenvalue weighted by atomic mass is 32.2. The Hall–Kier alpha value is -3.56.